The van der Waals surface area contributed by atoms with Crippen LogP contribution in [-0.2, 0) is 5.75 Å². The average Bonchev–Trinajstić information content (AvgIpc) is 2.96. The number of nitrogens with zero attached hydrogens (tertiary/aromatic N) is 1. The summed E-state index contributed by atoms with van der Waals surface area (Å²) < 4.78 is 1.12. The fourth-order valence-electron chi connectivity index (χ4n) is 1.27. The molecule has 18 heavy (non-hydrogen) atoms. The summed E-state index contributed by atoms with van der Waals surface area (Å²) in [6.07, 6.45) is 0.540. The van der Waals surface area contributed by atoms with Crippen molar-refractivity contribution < 1.29 is 5.11 Å². The van der Waals surface area contributed by atoms with Crippen LogP contribution in [0.2, 0.25) is 0 Å². The molecule has 94 valence electrons. The second-order valence-electron chi connectivity index (χ2n) is 3.62. The first-order chi connectivity index (χ1) is 8.78. The standard InChI is InChI=1S/C13H13NOS3/c1-10-7-17-13(14-10)18-9-12-6-11(8-16-12)4-2-3-5-15/h6-8,15H,3,5,9H2,1H3. The number of hydrogen-bond acceptors (Lipinski definition) is 5. The van der Waals surface area contributed by atoms with E-state index in [2.05, 4.69) is 33.7 Å². The van der Waals surface area contributed by atoms with Gasteiger partial charge in [0.2, 0.25) is 0 Å². The average molecular weight is 295 g/mol. The van der Waals surface area contributed by atoms with Crippen LogP contribution in [0.4, 0.5) is 0 Å². The number of thioether (sulfide) groups is 1. The van der Waals surface area contributed by atoms with Crippen molar-refractivity contribution in [1.82, 2.24) is 4.98 Å². The monoisotopic (exact) mass is 295 g/mol. The highest BCUT2D eigenvalue weighted by molar-refractivity contribution is 8.00. The molecule has 0 saturated heterocycles. The lowest BCUT2D eigenvalue weighted by Crippen LogP contribution is -1.76. The van der Waals surface area contributed by atoms with Crippen molar-refractivity contribution in [2.45, 2.75) is 23.4 Å². The van der Waals surface area contributed by atoms with Gasteiger partial charge < -0.3 is 5.11 Å². The van der Waals surface area contributed by atoms with Gasteiger partial charge in [-0.1, -0.05) is 23.6 Å². The van der Waals surface area contributed by atoms with Crippen LogP contribution < -0.4 is 0 Å². The Hall–Kier alpha value is -0.800. The Morgan fingerprint density at radius 2 is 2.28 bits per heavy atom. The Bertz CT molecular complexity index is 562. The number of hydrogen-bond donors (Lipinski definition) is 1. The van der Waals surface area contributed by atoms with Crippen molar-refractivity contribution in [1.29, 1.82) is 0 Å². The van der Waals surface area contributed by atoms with Gasteiger partial charge in [-0.15, -0.1) is 22.7 Å². The molecule has 0 atom stereocenters. The molecular weight excluding hydrogens is 282 g/mol. The van der Waals surface area contributed by atoms with Crippen molar-refractivity contribution in [3.8, 4) is 11.8 Å². The van der Waals surface area contributed by atoms with Crippen molar-refractivity contribution in [2.24, 2.45) is 0 Å². The SMILES string of the molecule is Cc1csc(SCc2cc(C#CCCO)cs2)n1. The van der Waals surface area contributed by atoms with E-state index in [9.17, 15) is 0 Å². The fraction of sp³-hybridized carbons (Fsp3) is 0.308. The maximum atomic E-state index is 8.65. The zero-order chi connectivity index (χ0) is 12.8. The van der Waals surface area contributed by atoms with Crippen LogP contribution in [0.5, 0.6) is 0 Å². The number of thiophene rings is 1. The lowest BCUT2D eigenvalue weighted by molar-refractivity contribution is 0.305. The highest BCUT2D eigenvalue weighted by atomic mass is 32.2. The van der Waals surface area contributed by atoms with E-state index in [0.29, 0.717) is 6.42 Å². The van der Waals surface area contributed by atoms with Gasteiger partial charge in [-0.3, -0.25) is 0 Å². The molecule has 0 unspecified atom stereocenters. The molecule has 2 nitrogen and oxygen atoms in total. The zero-order valence-corrected chi connectivity index (χ0v) is 12.4. The first-order valence-electron chi connectivity index (χ1n) is 5.50. The van der Waals surface area contributed by atoms with Gasteiger partial charge in [0, 0.05) is 39.1 Å². The summed E-state index contributed by atoms with van der Waals surface area (Å²) in [7, 11) is 0. The second-order valence-corrected chi connectivity index (χ2v) is 6.70. The highest BCUT2D eigenvalue weighted by Gasteiger charge is 2.02. The minimum atomic E-state index is 0.128. The molecule has 0 aliphatic carbocycles. The Kier molecular flexibility index (Phi) is 5.26. The molecule has 0 aliphatic heterocycles. The molecule has 0 radical (unpaired) electrons. The van der Waals surface area contributed by atoms with E-state index in [1.807, 2.05) is 6.92 Å². The van der Waals surface area contributed by atoms with Gasteiger partial charge in [-0.2, -0.15) is 0 Å². The first kappa shape index (κ1) is 13.6. The molecule has 0 fully saturated rings. The maximum absolute atomic E-state index is 8.65. The van der Waals surface area contributed by atoms with Crippen LogP contribution in [-0.4, -0.2) is 16.7 Å². The molecule has 5 heteroatoms. The van der Waals surface area contributed by atoms with Crippen LogP contribution in [0, 0.1) is 18.8 Å². The number of aliphatic hydroxyl groups is 1. The van der Waals surface area contributed by atoms with E-state index in [0.717, 1.165) is 21.3 Å². The van der Waals surface area contributed by atoms with Crippen molar-refractivity contribution in [3.63, 3.8) is 0 Å². The summed E-state index contributed by atoms with van der Waals surface area (Å²) in [5, 5.41) is 12.8. The first-order valence-corrected chi connectivity index (χ1v) is 8.24. The quantitative estimate of drug-likeness (QED) is 0.692. The third-order valence-electron chi connectivity index (χ3n) is 2.06. The molecule has 1 N–H and O–H groups in total. The van der Waals surface area contributed by atoms with Gasteiger partial charge >= 0.3 is 0 Å². The largest absolute Gasteiger partial charge is 0.395 e. The van der Waals surface area contributed by atoms with Crippen molar-refractivity contribution in [2.75, 3.05) is 6.61 Å². The second kappa shape index (κ2) is 6.95. The zero-order valence-electron chi connectivity index (χ0n) is 9.97. The fourth-order valence-corrected chi connectivity index (χ4v) is 3.99. The van der Waals surface area contributed by atoms with Crippen LogP contribution in [0.1, 0.15) is 22.6 Å². The van der Waals surface area contributed by atoms with Crippen LogP contribution in [0.15, 0.2) is 21.2 Å². The number of aliphatic hydroxyl groups excluding tert-OH is 1. The summed E-state index contributed by atoms with van der Waals surface area (Å²) in [5.74, 6) is 6.92. The molecule has 0 spiro atoms. The molecule has 0 bridgehead atoms. The molecular formula is C13H13NOS3. The lowest BCUT2D eigenvalue weighted by atomic mass is 10.3. The Labute approximate surface area is 119 Å². The summed E-state index contributed by atoms with van der Waals surface area (Å²) in [4.78, 5) is 5.73. The maximum Gasteiger partial charge on any atom is 0.150 e. The van der Waals surface area contributed by atoms with Crippen LogP contribution >= 0.6 is 34.4 Å². The van der Waals surface area contributed by atoms with Crippen molar-refractivity contribution in [3.05, 3.63) is 33.0 Å². The highest BCUT2D eigenvalue weighted by Crippen LogP contribution is 2.28. The summed E-state index contributed by atoms with van der Waals surface area (Å²) in [5.41, 5.74) is 2.13. The van der Waals surface area contributed by atoms with E-state index in [4.69, 9.17) is 5.11 Å². The van der Waals surface area contributed by atoms with E-state index in [1.54, 1.807) is 34.4 Å². The predicted octanol–water partition coefficient (Wildman–Crippen LogP) is 3.54. The van der Waals surface area contributed by atoms with E-state index < -0.39 is 0 Å². The number of aryl methyl sites for hydroxylation is 1. The predicted molar refractivity (Wildman–Crippen MR) is 79.3 cm³/mol. The topological polar surface area (TPSA) is 33.1 Å². The van der Waals surface area contributed by atoms with Gasteiger partial charge in [0.05, 0.1) is 6.61 Å². The van der Waals surface area contributed by atoms with Crippen LogP contribution in [0.3, 0.4) is 0 Å². The molecule has 0 aromatic carbocycles. The normalized spacial score (nSPS) is 10.1. The van der Waals surface area contributed by atoms with Gasteiger partial charge in [-0.25, -0.2) is 4.98 Å². The molecule has 2 aromatic heterocycles. The van der Waals surface area contributed by atoms with Gasteiger partial charge in [0.1, 0.15) is 4.34 Å². The smallest absolute Gasteiger partial charge is 0.150 e. The Morgan fingerprint density at radius 1 is 1.39 bits per heavy atom. The van der Waals surface area contributed by atoms with Crippen molar-refractivity contribution >= 4 is 34.4 Å². The van der Waals surface area contributed by atoms with Gasteiger partial charge in [0.15, 0.2) is 0 Å². The molecule has 0 saturated carbocycles. The number of rotatable bonds is 4. The van der Waals surface area contributed by atoms with Crippen LogP contribution in [0.25, 0.3) is 0 Å². The molecule has 2 aromatic rings. The van der Waals surface area contributed by atoms with E-state index >= 15 is 0 Å². The molecule has 2 rings (SSSR count). The number of thiazole rings is 1. The minimum Gasteiger partial charge on any atom is -0.395 e. The lowest BCUT2D eigenvalue weighted by Gasteiger charge is -1.92. The summed E-state index contributed by atoms with van der Waals surface area (Å²) in [6.45, 7) is 2.14. The summed E-state index contributed by atoms with van der Waals surface area (Å²) >= 11 is 5.18. The third kappa shape index (κ3) is 4.14. The number of aromatic nitrogens is 1. The van der Waals surface area contributed by atoms with E-state index in [1.165, 1.54) is 4.88 Å². The van der Waals surface area contributed by atoms with Gasteiger partial charge in [-0.05, 0) is 13.0 Å². The summed E-state index contributed by atoms with van der Waals surface area (Å²) in [6, 6.07) is 2.11. The minimum absolute atomic E-state index is 0.128. The molecule has 2 heterocycles. The third-order valence-corrected chi connectivity index (χ3v) is 5.37. The van der Waals surface area contributed by atoms with E-state index in [-0.39, 0.29) is 6.61 Å². The molecule has 0 amide bonds. The Morgan fingerprint density at radius 3 is 3.00 bits per heavy atom. The Balaban J connectivity index is 1.89. The van der Waals surface area contributed by atoms with Gasteiger partial charge in [0.25, 0.3) is 0 Å². The molecule has 0 aliphatic rings.